The molecule has 0 amide bonds. The lowest BCUT2D eigenvalue weighted by atomic mass is 10.1. The van der Waals surface area contributed by atoms with E-state index in [-0.39, 0.29) is 11.5 Å². The number of halogens is 1. The van der Waals surface area contributed by atoms with Crippen molar-refractivity contribution < 1.29 is 17.9 Å². The summed E-state index contributed by atoms with van der Waals surface area (Å²) in [4.78, 5) is 0. The lowest BCUT2D eigenvalue weighted by molar-refractivity contribution is 0.166. The van der Waals surface area contributed by atoms with Crippen molar-refractivity contribution in [3.8, 4) is 0 Å². The van der Waals surface area contributed by atoms with E-state index in [0.29, 0.717) is 18.4 Å². The first-order valence-corrected chi connectivity index (χ1v) is 7.40. The summed E-state index contributed by atoms with van der Waals surface area (Å²) in [5.74, 6) is -0.221. The number of rotatable bonds is 6. The molecular formula is C12H17FO3S. The lowest BCUT2D eigenvalue weighted by Crippen LogP contribution is -2.10. The predicted molar refractivity (Wildman–Crippen MR) is 64.9 cm³/mol. The van der Waals surface area contributed by atoms with E-state index in [9.17, 15) is 17.9 Å². The summed E-state index contributed by atoms with van der Waals surface area (Å²) < 4.78 is 35.3. The smallest absolute Gasteiger partial charge is 0.150 e. The Morgan fingerprint density at radius 1 is 1.41 bits per heavy atom. The highest BCUT2D eigenvalue weighted by Gasteiger charge is 2.11. The van der Waals surface area contributed by atoms with E-state index in [2.05, 4.69) is 0 Å². The van der Waals surface area contributed by atoms with Crippen LogP contribution in [0.5, 0.6) is 0 Å². The lowest BCUT2D eigenvalue weighted by Gasteiger charge is -2.10. The molecule has 0 bridgehead atoms. The maximum absolute atomic E-state index is 12.9. The summed E-state index contributed by atoms with van der Waals surface area (Å²) in [5, 5.41) is 9.75. The minimum absolute atomic E-state index is 0.0654. The van der Waals surface area contributed by atoms with Gasteiger partial charge >= 0.3 is 0 Å². The monoisotopic (exact) mass is 260 g/mol. The van der Waals surface area contributed by atoms with Crippen molar-refractivity contribution in [2.45, 2.75) is 25.9 Å². The van der Waals surface area contributed by atoms with Crippen molar-refractivity contribution in [1.29, 1.82) is 0 Å². The van der Waals surface area contributed by atoms with Crippen LogP contribution < -0.4 is 0 Å². The van der Waals surface area contributed by atoms with Gasteiger partial charge < -0.3 is 5.11 Å². The van der Waals surface area contributed by atoms with Gasteiger partial charge in [0.2, 0.25) is 0 Å². The molecule has 0 aliphatic carbocycles. The van der Waals surface area contributed by atoms with E-state index in [1.165, 1.54) is 18.2 Å². The van der Waals surface area contributed by atoms with Crippen LogP contribution in [0.2, 0.25) is 0 Å². The Morgan fingerprint density at radius 2 is 2.12 bits per heavy atom. The van der Waals surface area contributed by atoms with E-state index < -0.39 is 21.8 Å². The van der Waals surface area contributed by atoms with Gasteiger partial charge in [-0.1, -0.05) is 19.1 Å². The highest BCUT2D eigenvalue weighted by Crippen LogP contribution is 2.19. The van der Waals surface area contributed by atoms with Crippen molar-refractivity contribution in [3.63, 3.8) is 0 Å². The van der Waals surface area contributed by atoms with Gasteiger partial charge in [-0.15, -0.1) is 0 Å². The van der Waals surface area contributed by atoms with Gasteiger partial charge in [-0.25, -0.2) is 12.8 Å². The molecule has 1 aromatic rings. The van der Waals surface area contributed by atoms with Crippen molar-refractivity contribution in [3.05, 3.63) is 35.6 Å². The maximum Gasteiger partial charge on any atom is 0.150 e. The Hall–Kier alpha value is -0.940. The van der Waals surface area contributed by atoms with Crippen molar-refractivity contribution in [2.24, 2.45) is 0 Å². The first-order chi connectivity index (χ1) is 7.94. The van der Waals surface area contributed by atoms with Crippen LogP contribution in [-0.2, 0) is 9.84 Å². The molecule has 1 rings (SSSR count). The van der Waals surface area contributed by atoms with E-state index >= 15 is 0 Å². The fraction of sp³-hybridized carbons (Fsp3) is 0.500. The third-order valence-electron chi connectivity index (χ3n) is 2.61. The molecule has 0 aromatic heterocycles. The topological polar surface area (TPSA) is 54.4 Å². The molecule has 0 radical (unpaired) electrons. The summed E-state index contributed by atoms with van der Waals surface area (Å²) in [6.45, 7) is 1.60. The standard InChI is InChI=1S/C12H17FO3S/c1-2-17(15,16)8-4-7-12(14)10-5-3-6-11(13)9-10/h3,5-6,9,12,14H,2,4,7-8H2,1H3. The van der Waals surface area contributed by atoms with E-state index in [4.69, 9.17) is 0 Å². The van der Waals surface area contributed by atoms with Crippen LogP contribution in [0.3, 0.4) is 0 Å². The van der Waals surface area contributed by atoms with Crippen LogP contribution >= 0.6 is 0 Å². The molecule has 1 unspecified atom stereocenters. The van der Waals surface area contributed by atoms with Gasteiger partial charge in [0, 0.05) is 5.75 Å². The third kappa shape index (κ3) is 4.83. The number of hydrogen-bond acceptors (Lipinski definition) is 3. The van der Waals surface area contributed by atoms with Crippen molar-refractivity contribution >= 4 is 9.84 Å². The largest absolute Gasteiger partial charge is 0.388 e. The van der Waals surface area contributed by atoms with Gasteiger partial charge in [0.1, 0.15) is 15.7 Å². The van der Waals surface area contributed by atoms with Gasteiger partial charge in [0.25, 0.3) is 0 Å². The minimum atomic E-state index is -2.99. The molecule has 1 aromatic carbocycles. The minimum Gasteiger partial charge on any atom is -0.388 e. The zero-order chi connectivity index (χ0) is 12.9. The normalized spacial score (nSPS) is 13.6. The first kappa shape index (κ1) is 14.1. The molecule has 3 nitrogen and oxygen atoms in total. The fourth-order valence-electron chi connectivity index (χ4n) is 1.52. The molecule has 1 N–H and O–H groups in total. The van der Waals surface area contributed by atoms with Crippen molar-refractivity contribution in [1.82, 2.24) is 0 Å². The van der Waals surface area contributed by atoms with Gasteiger partial charge in [0.05, 0.1) is 11.9 Å². The van der Waals surface area contributed by atoms with Crippen LogP contribution in [-0.4, -0.2) is 25.0 Å². The van der Waals surface area contributed by atoms with E-state index in [0.717, 1.165) is 0 Å². The molecule has 0 aliphatic heterocycles. The molecule has 96 valence electrons. The van der Waals surface area contributed by atoms with Crippen LogP contribution in [0.1, 0.15) is 31.4 Å². The van der Waals surface area contributed by atoms with Gasteiger partial charge in [0.15, 0.2) is 0 Å². The van der Waals surface area contributed by atoms with Crippen LogP contribution in [0.25, 0.3) is 0 Å². The second-order valence-electron chi connectivity index (χ2n) is 3.95. The number of hydrogen-bond donors (Lipinski definition) is 1. The second-order valence-corrected chi connectivity index (χ2v) is 6.42. The summed E-state index contributed by atoms with van der Waals surface area (Å²) in [6, 6.07) is 5.72. The SMILES string of the molecule is CCS(=O)(=O)CCCC(O)c1cccc(F)c1. The quantitative estimate of drug-likeness (QED) is 0.852. The Labute approximate surface area is 101 Å². The van der Waals surface area contributed by atoms with Gasteiger partial charge in [-0.05, 0) is 30.5 Å². The summed E-state index contributed by atoms with van der Waals surface area (Å²) in [7, 11) is -2.99. The van der Waals surface area contributed by atoms with Gasteiger partial charge in [-0.3, -0.25) is 0 Å². The van der Waals surface area contributed by atoms with Crippen LogP contribution in [0.4, 0.5) is 4.39 Å². The molecule has 17 heavy (non-hydrogen) atoms. The third-order valence-corrected chi connectivity index (χ3v) is 4.40. The summed E-state index contributed by atoms with van der Waals surface area (Å²) in [6.07, 6.45) is -0.103. The number of aliphatic hydroxyl groups is 1. The van der Waals surface area contributed by atoms with E-state index in [1.807, 2.05) is 0 Å². The van der Waals surface area contributed by atoms with Gasteiger partial charge in [-0.2, -0.15) is 0 Å². The zero-order valence-electron chi connectivity index (χ0n) is 9.77. The molecule has 5 heteroatoms. The number of sulfone groups is 1. The number of benzene rings is 1. The Balaban J connectivity index is 2.48. The summed E-state index contributed by atoms with van der Waals surface area (Å²) >= 11 is 0. The second kappa shape index (κ2) is 6.12. The molecule has 0 saturated carbocycles. The Kier molecular flexibility index (Phi) is 5.08. The van der Waals surface area contributed by atoms with E-state index in [1.54, 1.807) is 13.0 Å². The molecule has 0 saturated heterocycles. The average molecular weight is 260 g/mol. The maximum atomic E-state index is 12.9. The molecule has 0 spiro atoms. The average Bonchev–Trinajstić information content (AvgIpc) is 2.28. The highest BCUT2D eigenvalue weighted by atomic mass is 32.2. The zero-order valence-corrected chi connectivity index (χ0v) is 10.6. The molecule has 1 atom stereocenters. The Bertz CT molecular complexity index is 457. The highest BCUT2D eigenvalue weighted by molar-refractivity contribution is 7.91. The van der Waals surface area contributed by atoms with Crippen LogP contribution in [0, 0.1) is 5.82 Å². The molecule has 0 fully saturated rings. The molecular weight excluding hydrogens is 243 g/mol. The molecule has 0 aliphatic rings. The van der Waals surface area contributed by atoms with Crippen molar-refractivity contribution in [2.75, 3.05) is 11.5 Å². The molecule has 0 heterocycles. The fourth-order valence-corrected chi connectivity index (χ4v) is 2.42. The predicted octanol–water partition coefficient (Wildman–Crippen LogP) is 2.07. The first-order valence-electron chi connectivity index (χ1n) is 5.58. The van der Waals surface area contributed by atoms with Crippen LogP contribution in [0.15, 0.2) is 24.3 Å². The summed E-state index contributed by atoms with van der Waals surface area (Å²) in [5.41, 5.74) is 0.485. The number of aliphatic hydroxyl groups excluding tert-OH is 1. The Morgan fingerprint density at radius 3 is 2.71 bits per heavy atom.